The maximum absolute atomic E-state index is 14.1. The number of rotatable bonds is 5. The summed E-state index contributed by atoms with van der Waals surface area (Å²) in [6.07, 6.45) is 4.00. The summed E-state index contributed by atoms with van der Waals surface area (Å²) in [4.78, 5) is 16.3. The molecule has 134 valence electrons. The summed E-state index contributed by atoms with van der Waals surface area (Å²) in [6, 6.07) is 18.0. The lowest BCUT2D eigenvalue weighted by Gasteiger charge is -2.06. The summed E-state index contributed by atoms with van der Waals surface area (Å²) >= 11 is 0. The van der Waals surface area contributed by atoms with Crippen LogP contribution in [0.3, 0.4) is 0 Å². The van der Waals surface area contributed by atoms with Gasteiger partial charge in [-0.05, 0) is 36.4 Å². The minimum atomic E-state index is -0.500. The first-order chi connectivity index (χ1) is 13.2. The molecule has 4 rings (SSSR count). The van der Waals surface area contributed by atoms with Crippen LogP contribution >= 0.6 is 0 Å². The van der Waals surface area contributed by atoms with E-state index in [0.717, 1.165) is 11.4 Å². The molecule has 0 atom stereocenters. The van der Waals surface area contributed by atoms with Gasteiger partial charge in [-0.25, -0.2) is 9.07 Å². The fourth-order valence-corrected chi connectivity index (χ4v) is 2.90. The monoisotopic (exact) mass is 360 g/mol. The number of hydrogen-bond donors (Lipinski definition) is 1. The molecule has 0 unspecified atom stereocenters. The van der Waals surface area contributed by atoms with Gasteiger partial charge in [-0.1, -0.05) is 24.3 Å². The molecular weight excluding hydrogens is 343 g/mol. The van der Waals surface area contributed by atoms with Gasteiger partial charge >= 0.3 is 0 Å². The Kier molecular flexibility index (Phi) is 4.61. The van der Waals surface area contributed by atoms with Crippen LogP contribution in [0, 0.1) is 5.82 Å². The Bertz CT molecular complexity index is 1090. The van der Waals surface area contributed by atoms with Gasteiger partial charge in [0.25, 0.3) is 5.91 Å². The van der Waals surface area contributed by atoms with Gasteiger partial charge in [-0.2, -0.15) is 5.10 Å². The number of pyridine rings is 1. The molecule has 1 N–H and O–H groups in total. The fraction of sp³-hybridized carbons (Fsp3) is 0.0952. The molecule has 0 radical (unpaired) electrons. The van der Waals surface area contributed by atoms with Crippen molar-refractivity contribution < 1.29 is 9.18 Å². The van der Waals surface area contributed by atoms with Gasteiger partial charge in [-0.3, -0.25) is 9.78 Å². The molecule has 2 heterocycles. The van der Waals surface area contributed by atoms with Crippen molar-refractivity contribution in [2.45, 2.75) is 6.42 Å². The summed E-state index contributed by atoms with van der Waals surface area (Å²) < 4.78 is 15.9. The Morgan fingerprint density at radius 1 is 1.07 bits per heavy atom. The molecule has 2 aromatic heterocycles. The molecule has 4 aromatic rings. The number of aromatic nitrogens is 3. The number of carbonyl (C=O) groups excluding carboxylic acids is 1. The van der Waals surface area contributed by atoms with E-state index in [1.54, 1.807) is 22.9 Å². The standard InChI is InChI=1S/C21H17FN4O/c22-19-14-16(13-15-5-4-10-23-20(15)19)21(27)24-11-8-17-9-12-26(25-17)18-6-2-1-3-7-18/h1-7,9-10,12-14H,8,11H2,(H,24,27). The number of nitrogens with zero attached hydrogens (tertiary/aromatic N) is 3. The van der Waals surface area contributed by atoms with Crippen LogP contribution in [0.15, 0.2) is 73.1 Å². The topological polar surface area (TPSA) is 59.8 Å². The van der Waals surface area contributed by atoms with Gasteiger partial charge in [0.1, 0.15) is 11.3 Å². The molecule has 5 nitrogen and oxygen atoms in total. The predicted molar refractivity (Wildman–Crippen MR) is 101 cm³/mol. The van der Waals surface area contributed by atoms with Gasteiger partial charge in [0.2, 0.25) is 0 Å². The van der Waals surface area contributed by atoms with E-state index in [1.165, 1.54) is 12.3 Å². The first kappa shape index (κ1) is 16.9. The normalized spacial score (nSPS) is 10.9. The third kappa shape index (κ3) is 3.69. The molecular formula is C21H17FN4O. The Morgan fingerprint density at radius 2 is 1.93 bits per heavy atom. The molecule has 0 saturated heterocycles. The minimum Gasteiger partial charge on any atom is -0.352 e. The zero-order valence-corrected chi connectivity index (χ0v) is 14.5. The minimum absolute atomic E-state index is 0.264. The first-order valence-electron chi connectivity index (χ1n) is 8.63. The molecule has 6 heteroatoms. The number of fused-ring (bicyclic) bond motifs is 1. The van der Waals surface area contributed by atoms with Crippen molar-refractivity contribution >= 4 is 16.8 Å². The van der Waals surface area contributed by atoms with Crippen molar-refractivity contribution in [3.8, 4) is 5.69 Å². The van der Waals surface area contributed by atoms with Crippen molar-refractivity contribution in [1.82, 2.24) is 20.1 Å². The lowest BCUT2D eigenvalue weighted by atomic mass is 10.1. The number of hydrogen-bond acceptors (Lipinski definition) is 3. The Balaban J connectivity index is 1.39. The maximum Gasteiger partial charge on any atom is 0.251 e. The highest BCUT2D eigenvalue weighted by atomic mass is 19.1. The van der Waals surface area contributed by atoms with E-state index in [2.05, 4.69) is 15.4 Å². The van der Waals surface area contributed by atoms with Crippen LogP contribution in [0.1, 0.15) is 16.1 Å². The number of nitrogens with one attached hydrogen (secondary N) is 1. The highest BCUT2D eigenvalue weighted by Crippen LogP contribution is 2.17. The smallest absolute Gasteiger partial charge is 0.251 e. The third-order valence-corrected chi connectivity index (χ3v) is 4.25. The lowest BCUT2D eigenvalue weighted by molar-refractivity contribution is 0.0954. The summed E-state index contributed by atoms with van der Waals surface area (Å²) in [7, 11) is 0. The quantitative estimate of drug-likeness (QED) is 0.592. The second-order valence-corrected chi connectivity index (χ2v) is 6.13. The summed E-state index contributed by atoms with van der Waals surface area (Å²) in [6.45, 7) is 0.414. The van der Waals surface area contributed by atoms with Crippen LogP contribution in [0.5, 0.6) is 0 Å². The van der Waals surface area contributed by atoms with E-state index in [0.29, 0.717) is 18.4 Å². The largest absolute Gasteiger partial charge is 0.352 e. The van der Waals surface area contributed by atoms with E-state index < -0.39 is 5.82 Å². The molecule has 0 aliphatic rings. The van der Waals surface area contributed by atoms with Crippen molar-refractivity contribution in [2.75, 3.05) is 6.54 Å². The van der Waals surface area contributed by atoms with E-state index in [9.17, 15) is 9.18 Å². The second kappa shape index (κ2) is 7.37. The van der Waals surface area contributed by atoms with Crippen molar-refractivity contribution in [2.24, 2.45) is 0 Å². The van der Waals surface area contributed by atoms with E-state index in [4.69, 9.17) is 0 Å². The third-order valence-electron chi connectivity index (χ3n) is 4.25. The summed E-state index contributed by atoms with van der Waals surface area (Å²) in [5.41, 5.74) is 2.39. The molecule has 0 bridgehead atoms. The molecule has 2 aromatic carbocycles. The zero-order valence-electron chi connectivity index (χ0n) is 14.5. The number of benzene rings is 2. The van der Waals surface area contributed by atoms with Crippen LogP contribution < -0.4 is 5.32 Å². The number of halogens is 1. The molecule has 0 aliphatic carbocycles. The average molecular weight is 360 g/mol. The molecule has 0 aliphatic heterocycles. The van der Waals surface area contributed by atoms with Crippen LogP contribution in [0.25, 0.3) is 16.6 Å². The van der Waals surface area contributed by atoms with Crippen molar-refractivity contribution in [3.05, 3.63) is 90.1 Å². The molecule has 0 fully saturated rings. The van der Waals surface area contributed by atoms with Gasteiger partial charge in [0.15, 0.2) is 0 Å². The highest BCUT2D eigenvalue weighted by molar-refractivity contribution is 5.98. The summed E-state index contributed by atoms with van der Waals surface area (Å²) in [5, 5.41) is 7.92. The number of amides is 1. The van der Waals surface area contributed by atoms with Crippen molar-refractivity contribution in [1.29, 1.82) is 0 Å². The van der Waals surface area contributed by atoms with Crippen LogP contribution in [-0.4, -0.2) is 27.2 Å². The van der Waals surface area contributed by atoms with Crippen LogP contribution in [-0.2, 0) is 6.42 Å². The molecule has 0 saturated carbocycles. The zero-order chi connectivity index (χ0) is 18.6. The predicted octanol–water partition coefficient (Wildman–Crippen LogP) is 3.53. The average Bonchev–Trinajstić information content (AvgIpc) is 3.17. The highest BCUT2D eigenvalue weighted by Gasteiger charge is 2.11. The SMILES string of the molecule is O=C(NCCc1ccn(-c2ccccc2)n1)c1cc(F)c2ncccc2c1. The second-order valence-electron chi connectivity index (χ2n) is 6.13. The van der Waals surface area contributed by atoms with E-state index in [-0.39, 0.29) is 17.0 Å². The summed E-state index contributed by atoms with van der Waals surface area (Å²) in [5.74, 6) is -0.818. The van der Waals surface area contributed by atoms with E-state index in [1.807, 2.05) is 42.6 Å². The molecule has 27 heavy (non-hydrogen) atoms. The van der Waals surface area contributed by atoms with Gasteiger partial charge in [-0.15, -0.1) is 0 Å². The Morgan fingerprint density at radius 3 is 2.78 bits per heavy atom. The Hall–Kier alpha value is -3.54. The maximum atomic E-state index is 14.1. The number of para-hydroxylation sites is 1. The number of carbonyl (C=O) groups is 1. The first-order valence-corrected chi connectivity index (χ1v) is 8.63. The van der Waals surface area contributed by atoms with Gasteiger partial charge in [0, 0.05) is 36.3 Å². The Labute approximate surface area is 155 Å². The van der Waals surface area contributed by atoms with Gasteiger partial charge in [0.05, 0.1) is 11.4 Å². The van der Waals surface area contributed by atoms with Crippen LogP contribution in [0.4, 0.5) is 4.39 Å². The fourth-order valence-electron chi connectivity index (χ4n) is 2.90. The molecule has 1 amide bonds. The lowest BCUT2D eigenvalue weighted by Crippen LogP contribution is -2.26. The van der Waals surface area contributed by atoms with Crippen LogP contribution in [0.2, 0.25) is 0 Å². The van der Waals surface area contributed by atoms with Gasteiger partial charge < -0.3 is 5.32 Å². The molecule has 0 spiro atoms. The van der Waals surface area contributed by atoms with E-state index >= 15 is 0 Å². The van der Waals surface area contributed by atoms with Crippen molar-refractivity contribution in [3.63, 3.8) is 0 Å².